The summed E-state index contributed by atoms with van der Waals surface area (Å²) in [5, 5.41) is 6.77. The Morgan fingerprint density at radius 2 is 2.24 bits per heavy atom. The molecule has 0 bridgehead atoms. The Morgan fingerprint density at radius 3 is 2.92 bits per heavy atom. The molecule has 1 N–H and O–H groups in total. The van der Waals surface area contributed by atoms with Crippen molar-refractivity contribution in [3.63, 3.8) is 0 Å². The molecule has 0 saturated heterocycles. The summed E-state index contributed by atoms with van der Waals surface area (Å²) in [5.74, 6) is 0.138. The molecule has 9 heteroatoms. The molecule has 2 aromatic heterocycles. The fourth-order valence-corrected chi connectivity index (χ4v) is 3.40. The largest absolute Gasteiger partial charge is 0.481 e. The minimum atomic E-state index is -0.240. The molecule has 0 radical (unpaired) electrons. The van der Waals surface area contributed by atoms with Crippen LogP contribution in [0.5, 0.6) is 5.88 Å². The molecule has 0 spiro atoms. The number of carbonyl (C=O) groups excluding carboxylic acids is 2. The van der Waals surface area contributed by atoms with Crippen LogP contribution in [0.2, 0.25) is 0 Å². The number of hydrogen-bond acceptors (Lipinski definition) is 7. The van der Waals surface area contributed by atoms with Gasteiger partial charge in [-0.15, -0.1) is 5.10 Å². The van der Waals surface area contributed by atoms with E-state index >= 15 is 0 Å². The summed E-state index contributed by atoms with van der Waals surface area (Å²) in [4.78, 5) is 31.3. The predicted molar refractivity (Wildman–Crippen MR) is 91.7 cm³/mol. The van der Waals surface area contributed by atoms with Crippen molar-refractivity contribution >= 4 is 23.3 Å². The van der Waals surface area contributed by atoms with Crippen LogP contribution in [0.25, 0.3) is 0 Å². The van der Waals surface area contributed by atoms with E-state index in [4.69, 9.17) is 4.74 Å². The highest BCUT2D eigenvalue weighted by Gasteiger charge is 2.29. The lowest BCUT2D eigenvalue weighted by Gasteiger charge is -2.10. The summed E-state index contributed by atoms with van der Waals surface area (Å²) in [6, 6.07) is 1.76. The fraction of sp³-hybridized carbons (Fsp3) is 0.438. The Kier molecular flexibility index (Phi) is 4.93. The molecule has 0 aromatic carbocycles. The van der Waals surface area contributed by atoms with Crippen molar-refractivity contribution in [2.24, 2.45) is 0 Å². The first kappa shape index (κ1) is 17.3. The second-order valence-electron chi connectivity index (χ2n) is 5.56. The van der Waals surface area contributed by atoms with E-state index in [1.165, 1.54) is 7.11 Å². The fourth-order valence-electron chi connectivity index (χ4n) is 2.73. The van der Waals surface area contributed by atoms with Crippen LogP contribution in [0.4, 0.5) is 0 Å². The summed E-state index contributed by atoms with van der Waals surface area (Å²) < 4.78 is 9.15. The van der Waals surface area contributed by atoms with Crippen LogP contribution in [-0.4, -0.2) is 44.9 Å². The maximum Gasteiger partial charge on any atom is 0.265 e. The topological polar surface area (TPSA) is 97.3 Å². The van der Waals surface area contributed by atoms with E-state index in [1.54, 1.807) is 11.0 Å². The number of carbonyl (C=O) groups is 2. The molecule has 132 valence electrons. The number of amides is 2. The molecular formula is C16H19N5O3S. The maximum atomic E-state index is 12.3. The number of aromatic nitrogens is 3. The van der Waals surface area contributed by atoms with E-state index in [9.17, 15) is 9.59 Å². The molecule has 1 aliphatic rings. The van der Waals surface area contributed by atoms with E-state index in [2.05, 4.69) is 19.9 Å². The lowest BCUT2D eigenvalue weighted by molar-refractivity contribution is 0.0786. The zero-order valence-corrected chi connectivity index (χ0v) is 15.1. The molecule has 0 unspecified atom stereocenters. The number of nitrogens with zero attached hydrogens (tertiary/aromatic N) is 4. The quantitative estimate of drug-likeness (QED) is 0.835. The van der Waals surface area contributed by atoms with Crippen LogP contribution in [-0.2, 0) is 19.5 Å². The number of methoxy groups -OCH3 is 1. The molecular weight excluding hydrogens is 342 g/mol. The second kappa shape index (κ2) is 7.14. The molecule has 3 rings (SSSR count). The van der Waals surface area contributed by atoms with E-state index in [0.717, 1.165) is 11.5 Å². The monoisotopic (exact) mass is 361 g/mol. The van der Waals surface area contributed by atoms with Gasteiger partial charge in [0, 0.05) is 18.7 Å². The number of ether oxygens (including phenoxy) is 1. The summed E-state index contributed by atoms with van der Waals surface area (Å²) >= 11 is 1.07. The standard InChI is InChI=1S/C16H19N5O3S/c1-4-11-13(25-20-19-11)14(22)17-7-9-6-10-12(18-15(9)24-3)8-21(5-2)16(10)23/h6H,4-5,7-8H2,1-3H3,(H,17,22). The maximum absolute atomic E-state index is 12.3. The van der Waals surface area contributed by atoms with Gasteiger partial charge in [0.15, 0.2) is 0 Å². The Morgan fingerprint density at radius 1 is 1.44 bits per heavy atom. The SMILES string of the molecule is CCc1nnsc1C(=O)NCc1cc2c(nc1OC)CN(CC)C2=O. The Bertz CT molecular complexity index is 820. The molecule has 0 aliphatic carbocycles. The Balaban J connectivity index is 1.80. The molecule has 3 heterocycles. The van der Waals surface area contributed by atoms with Crippen molar-refractivity contribution in [1.82, 2.24) is 24.8 Å². The number of fused-ring (bicyclic) bond motifs is 1. The third-order valence-electron chi connectivity index (χ3n) is 4.11. The lowest BCUT2D eigenvalue weighted by Crippen LogP contribution is -2.24. The van der Waals surface area contributed by atoms with Gasteiger partial charge in [-0.1, -0.05) is 11.4 Å². The van der Waals surface area contributed by atoms with Gasteiger partial charge in [0.2, 0.25) is 5.88 Å². The number of rotatable bonds is 6. The smallest absolute Gasteiger partial charge is 0.265 e. The van der Waals surface area contributed by atoms with Gasteiger partial charge in [-0.3, -0.25) is 9.59 Å². The summed E-state index contributed by atoms with van der Waals surface area (Å²) in [7, 11) is 1.52. The van der Waals surface area contributed by atoms with Crippen molar-refractivity contribution < 1.29 is 14.3 Å². The second-order valence-corrected chi connectivity index (χ2v) is 6.31. The summed E-state index contributed by atoms with van der Waals surface area (Å²) in [6.45, 7) is 5.17. The molecule has 0 fully saturated rings. The van der Waals surface area contributed by atoms with Crippen molar-refractivity contribution in [1.29, 1.82) is 0 Å². The lowest BCUT2D eigenvalue weighted by atomic mass is 10.1. The first-order chi connectivity index (χ1) is 12.1. The molecule has 0 atom stereocenters. The summed E-state index contributed by atoms with van der Waals surface area (Å²) in [5.41, 5.74) is 2.62. The average Bonchev–Trinajstić information content (AvgIpc) is 3.23. The number of nitrogens with one attached hydrogen (secondary N) is 1. The van der Waals surface area contributed by atoms with Gasteiger partial charge in [-0.2, -0.15) is 0 Å². The van der Waals surface area contributed by atoms with Gasteiger partial charge in [-0.25, -0.2) is 4.98 Å². The normalized spacial score (nSPS) is 13.1. The van der Waals surface area contributed by atoms with Gasteiger partial charge >= 0.3 is 0 Å². The Hall–Kier alpha value is -2.55. The molecule has 2 aromatic rings. The van der Waals surface area contributed by atoms with Gasteiger partial charge in [0.1, 0.15) is 4.88 Å². The van der Waals surface area contributed by atoms with Gasteiger partial charge in [0.05, 0.1) is 30.6 Å². The average molecular weight is 361 g/mol. The number of aryl methyl sites for hydroxylation is 1. The van der Waals surface area contributed by atoms with Gasteiger partial charge < -0.3 is 15.0 Å². The van der Waals surface area contributed by atoms with Crippen molar-refractivity contribution in [3.05, 3.63) is 33.5 Å². The van der Waals surface area contributed by atoms with Crippen molar-refractivity contribution in [2.75, 3.05) is 13.7 Å². The molecule has 2 amide bonds. The molecule has 0 saturated carbocycles. The van der Waals surface area contributed by atoms with Crippen LogP contribution in [0.3, 0.4) is 0 Å². The third-order valence-corrected chi connectivity index (χ3v) is 4.88. The summed E-state index contributed by atoms with van der Waals surface area (Å²) in [6.07, 6.45) is 0.643. The number of hydrogen-bond donors (Lipinski definition) is 1. The number of pyridine rings is 1. The highest BCUT2D eigenvalue weighted by molar-refractivity contribution is 7.08. The highest BCUT2D eigenvalue weighted by atomic mass is 32.1. The van der Waals surface area contributed by atoms with Gasteiger partial charge in [-0.05, 0) is 30.9 Å². The zero-order valence-electron chi connectivity index (χ0n) is 14.3. The third kappa shape index (κ3) is 3.19. The Labute approximate surface area is 149 Å². The highest BCUT2D eigenvalue weighted by Crippen LogP contribution is 2.27. The van der Waals surface area contributed by atoms with E-state index in [0.29, 0.717) is 52.8 Å². The van der Waals surface area contributed by atoms with Crippen LogP contribution in [0, 0.1) is 0 Å². The van der Waals surface area contributed by atoms with Crippen molar-refractivity contribution in [3.8, 4) is 5.88 Å². The minimum Gasteiger partial charge on any atom is -0.481 e. The molecule has 25 heavy (non-hydrogen) atoms. The van der Waals surface area contributed by atoms with E-state index < -0.39 is 0 Å². The molecule has 1 aliphatic heterocycles. The van der Waals surface area contributed by atoms with E-state index in [-0.39, 0.29) is 18.4 Å². The van der Waals surface area contributed by atoms with Crippen LogP contribution in [0.15, 0.2) is 6.07 Å². The van der Waals surface area contributed by atoms with Crippen molar-refractivity contribution in [2.45, 2.75) is 33.4 Å². The zero-order chi connectivity index (χ0) is 18.0. The van der Waals surface area contributed by atoms with Crippen LogP contribution in [0.1, 0.15) is 50.8 Å². The minimum absolute atomic E-state index is 0.0415. The first-order valence-corrected chi connectivity index (χ1v) is 8.81. The van der Waals surface area contributed by atoms with Gasteiger partial charge in [0.25, 0.3) is 11.8 Å². The van der Waals surface area contributed by atoms with Crippen LogP contribution < -0.4 is 10.1 Å². The van der Waals surface area contributed by atoms with E-state index in [1.807, 2.05) is 13.8 Å². The predicted octanol–water partition coefficient (Wildman–Crippen LogP) is 1.41. The first-order valence-electron chi connectivity index (χ1n) is 8.04. The molecule has 8 nitrogen and oxygen atoms in total. The van der Waals surface area contributed by atoms with Crippen LogP contribution >= 0.6 is 11.5 Å².